The average molecular weight is 331 g/mol. The summed E-state index contributed by atoms with van der Waals surface area (Å²) >= 11 is 0. The number of nitrogens with one attached hydrogen (secondary N) is 1. The lowest BCUT2D eigenvalue weighted by Gasteiger charge is -2.33. The van der Waals surface area contributed by atoms with Gasteiger partial charge in [-0.2, -0.15) is 0 Å². The average Bonchev–Trinajstić information content (AvgIpc) is 2.67. The number of para-hydroxylation sites is 1. The van der Waals surface area contributed by atoms with Gasteiger partial charge in [-0.3, -0.25) is 0 Å². The van der Waals surface area contributed by atoms with Crippen molar-refractivity contribution >= 4 is 11.7 Å². The molecule has 5 nitrogen and oxygen atoms in total. The fourth-order valence-electron chi connectivity index (χ4n) is 3.78. The summed E-state index contributed by atoms with van der Waals surface area (Å²) in [7, 11) is 0. The Morgan fingerprint density at radius 3 is 2.71 bits per heavy atom. The lowest BCUT2D eigenvalue weighted by Crippen LogP contribution is -2.46. The lowest BCUT2D eigenvalue weighted by molar-refractivity contribution is 0.129. The second-order valence-electron chi connectivity index (χ2n) is 6.97. The molecule has 2 aliphatic heterocycles. The van der Waals surface area contributed by atoms with E-state index in [1.165, 1.54) is 30.5 Å². The molecule has 0 aliphatic carbocycles. The number of carbonyl (C=O) groups excluding carboxylic acids is 1. The van der Waals surface area contributed by atoms with Gasteiger partial charge in [-0.05, 0) is 49.7 Å². The van der Waals surface area contributed by atoms with Crippen molar-refractivity contribution in [2.24, 2.45) is 5.92 Å². The smallest absolute Gasteiger partial charge is 0.317 e. The highest BCUT2D eigenvalue weighted by Gasteiger charge is 2.23. The number of urea groups is 1. The highest BCUT2D eigenvalue weighted by Crippen LogP contribution is 2.24. The Bertz CT molecular complexity index is 543. The van der Waals surface area contributed by atoms with Gasteiger partial charge in [0, 0.05) is 45.0 Å². The normalized spacial score (nSPS) is 21.6. The molecular weight excluding hydrogens is 302 g/mol. The molecule has 1 aromatic rings. The zero-order chi connectivity index (χ0) is 16.8. The summed E-state index contributed by atoms with van der Waals surface area (Å²) in [4.78, 5) is 16.7. The van der Waals surface area contributed by atoms with E-state index in [4.69, 9.17) is 0 Å². The van der Waals surface area contributed by atoms with Crippen LogP contribution < -0.4 is 10.2 Å². The van der Waals surface area contributed by atoms with Crippen LogP contribution in [0.5, 0.6) is 0 Å². The molecule has 2 saturated heterocycles. The molecule has 2 aliphatic rings. The quantitative estimate of drug-likeness (QED) is 0.892. The molecule has 2 heterocycles. The molecule has 1 unspecified atom stereocenters. The number of nitrogens with zero attached hydrogens (tertiary/aromatic N) is 2. The van der Waals surface area contributed by atoms with E-state index in [9.17, 15) is 9.90 Å². The minimum absolute atomic E-state index is 0.0124. The van der Waals surface area contributed by atoms with Gasteiger partial charge in [-0.15, -0.1) is 0 Å². The fourth-order valence-corrected chi connectivity index (χ4v) is 3.78. The number of carbonyl (C=O) groups is 1. The highest BCUT2D eigenvalue weighted by molar-refractivity contribution is 5.74. The van der Waals surface area contributed by atoms with Crippen molar-refractivity contribution in [3.63, 3.8) is 0 Å². The number of piperidine rings is 2. The number of rotatable bonds is 4. The van der Waals surface area contributed by atoms with Crippen molar-refractivity contribution in [3.8, 4) is 0 Å². The predicted molar refractivity (Wildman–Crippen MR) is 96.1 cm³/mol. The third-order valence-electron chi connectivity index (χ3n) is 5.18. The van der Waals surface area contributed by atoms with Crippen LogP contribution in [0.4, 0.5) is 10.5 Å². The molecule has 1 aromatic carbocycles. The Morgan fingerprint density at radius 2 is 1.92 bits per heavy atom. The van der Waals surface area contributed by atoms with Crippen molar-refractivity contribution in [1.82, 2.24) is 10.2 Å². The van der Waals surface area contributed by atoms with Crippen LogP contribution in [0.3, 0.4) is 0 Å². The first-order valence-corrected chi connectivity index (χ1v) is 9.24. The number of hydrogen-bond donors (Lipinski definition) is 2. The van der Waals surface area contributed by atoms with E-state index < -0.39 is 0 Å². The van der Waals surface area contributed by atoms with Gasteiger partial charge in [-0.1, -0.05) is 18.2 Å². The molecule has 0 bridgehead atoms. The minimum atomic E-state index is -0.0124. The van der Waals surface area contributed by atoms with E-state index in [1.807, 2.05) is 11.0 Å². The zero-order valence-corrected chi connectivity index (χ0v) is 14.4. The van der Waals surface area contributed by atoms with Gasteiger partial charge in [0.2, 0.25) is 0 Å². The van der Waals surface area contributed by atoms with Gasteiger partial charge < -0.3 is 20.2 Å². The standard InChI is InChI=1S/C19H29N3O2/c23-15-16-7-6-12-22(14-16)19(24)20-13-17-8-2-3-9-18(17)21-10-4-1-5-11-21/h2-3,8-9,16,23H,1,4-7,10-15H2,(H,20,24). The number of aliphatic hydroxyl groups is 1. The Balaban J connectivity index is 1.59. The minimum Gasteiger partial charge on any atom is -0.396 e. The topological polar surface area (TPSA) is 55.8 Å². The highest BCUT2D eigenvalue weighted by atomic mass is 16.3. The predicted octanol–water partition coefficient (Wildman–Crippen LogP) is 2.59. The first-order valence-electron chi connectivity index (χ1n) is 9.24. The summed E-state index contributed by atoms with van der Waals surface area (Å²) in [6.45, 7) is 4.39. The van der Waals surface area contributed by atoms with E-state index in [1.54, 1.807) is 0 Å². The van der Waals surface area contributed by atoms with Crippen LogP contribution in [0.2, 0.25) is 0 Å². The molecular formula is C19H29N3O2. The van der Waals surface area contributed by atoms with E-state index >= 15 is 0 Å². The van der Waals surface area contributed by atoms with Crippen LogP contribution in [0.25, 0.3) is 0 Å². The van der Waals surface area contributed by atoms with Crippen LogP contribution in [-0.2, 0) is 6.54 Å². The molecule has 0 saturated carbocycles. The Hall–Kier alpha value is -1.75. The summed E-state index contributed by atoms with van der Waals surface area (Å²) in [6, 6.07) is 8.37. The van der Waals surface area contributed by atoms with Crippen molar-refractivity contribution in [2.45, 2.75) is 38.6 Å². The van der Waals surface area contributed by atoms with Crippen molar-refractivity contribution in [3.05, 3.63) is 29.8 Å². The van der Waals surface area contributed by atoms with Crippen LogP contribution >= 0.6 is 0 Å². The van der Waals surface area contributed by atoms with Crippen LogP contribution in [-0.4, -0.2) is 48.8 Å². The second kappa shape index (κ2) is 8.38. The Morgan fingerprint density at radius 1 is 1.12 bits per heavy atom. The summed E-state index contributed by atoms with van der Waals surface area (Å²) in [5.41, 5.74) is 2.44. The van der Waals surface area contributed by atoms with Crippen LogP contribution in [0, 0.1) is 5.92 Å². The molecule has 0 spiro atoms. The number of benzene rings is 1. The Kier molecular flexibility index (Phi) is 5.96. The van der Waals surface area contributed by atoms with Crippen molar-refractivity contribution < 1.29 is 9.90 Å². The van der Waals surface area contributed by atoms with Gasteiger partial charge in [0.05, 0.1) is 0 Å². The molecule has 1 atom stereocenters. The molecule has 2 fully saturated rings. The molecule has 132 valence electrons. The molecule has 24 heavy (non-hydrogen) atoms. The maximum absolute atomic E-state index is 12.4. The summed E-state index contributed by atoms with van der Waals surface area (Å²) < 4.78 is 0. The van der Waals surface area contributed by atoms with E-state index in [2.05, 4.69) is 28.4 Å². The number of anilines is 1. The van der Waals surface area contributed by atoms with Crippen molar-refractivity contribution in [1.29, 1.82) is 0 Å². The monoisotopic (exact) mass is 331 g/mol. The van der Waals surface area contributed by atoms with Gasteiger partial charge in [0.25, 0.3) is 0 Å². The van der Waals surface area contributed by atoms with Crippen LogP contribution in [0.15, 0.2) is 24.3 Å². The number of aliphatic hydroxyl groups excluding tert-OH is 1. The SMILES string of the molecule is O=C(NCc1ccccc1N1CCCCC1)N1CCCC(CO)C1. The van der Waals surface area contributed by atoms with Gasteiger partial charge in [0.1, 0.15) is 0 Å². The zero-order valence-electron chi connectivity index (χ0n) is 14.4. The summed E-state index contributed by atoms with van der Waals surface area (Å²) in [5.74, 6) is 0.227. The maximum Gasteiger partial charge on any atom is 0.317 e. The van der Waals surface area contributed by atoms with Crippen molar-refractivity contribution in [2.75, 3.05) is 37.7 Å². The second-order valence-corrected chi connectivity index (χ2v) is 6.97. The molecule has 2 amide bonds. The first-order chi connectivity index (χ1) is 11.8. The van der Waals surface area contributed by atoms with E-state index in [0.717, 1.165) is 32.5 Å². The first kappa shape index (κ1) is 17.1. The molecule has 5 heteroatoms. The fraction of sp³-hybridized carbons (Fsp3) is 0.632. The maximum atomic E-state index is 12.4. The summed E-state index contributed by atoms with van der Waals surface area (Å²) in [6.07, 6.45) is 5.80. The molecule has 0 aromatic heterocycles. The van der Waals surface area contributed by atoms with Gasteiger partial charge in [-0.25, -0.2) is 4.79 Å². The molecule has 3 rings (SSSR count). The van der Waals surface area contributed by atoms with E-state index in [0.29, 0.717) is 13.1 Å². The number of likely N-dealkylation sites (tertiary alicyclic amines) is 1. The molecule has 0 radical (unpaired) electrons. The third kappa shape index (κ3) is 4.20. The molecule has 2 N–H and O–H groups in total. The summed E-state index contributed by atoms with van der Waals surface area (Å²) in [5, 5.41) is 12.4. The third-order valence-corrected chi connectivity index (χ3v) is 5.18. The Labute approximate surface area is 144 Å². The van der Waals surface area contributed by atoms with Crippen LogP contribution in [0.1, 0.15) is 37.7 Å². The van der Waals surface area contributed by atoms with Gasteiger partial charge >= 0.3 is 6.03 Å². The van der Waals surface area contributed by atoms with Gasteiger partial charge in [0.15, 0.2) is 0 Å². The number of hydrogen-bond acceptors (Lipinski definition) is 3. The number of amides is 2. The largest absolute Gasteiger partial charge is 0.396 e. The van der Waals surface area contributed by atoms with E-state index in [-0.39, 0.29) is 18.6 Å². The lowest BCUT2D eigenvalue weighted by atomic mass is 9.99.